The molecule has 1 fully saturated rings. The Morgan fingerprint density at radius 1 is 1.00 bits per heavy atom. The molecule has 2 aliphatic heterocycles. The molecule has 0 aliphatic carbocycles. The Bertz CT molecular complexity index is 1300. The molecular weight excluding hydrogens is 578 g/mol. The van der Waals surface area contributed by atoms with Crippen molar-refractivity contribution in [3.8, 4) is 28.7 Å². The summed E-state index contributed by atoms with van der Waals surface area (Å²) >= 11 is 0. The van der Waals surface area contributed by atoms with E-state index in [0.717, 1.165) is 42.3 Å². The molecular formula is C34H50N3O8+. The zero-order chi connectivity index (χ0) is 32.6. The number of methoxy groups -OCH3 is 2. The van der Waals surface area contributed by atoms with Gasteiger partial charge in [-0.1, -0.05) is 25.5 Å². The van der Waals surface area contributed by atoms with Crippen LogP contribution in [0.4, 0.5) is 0 Å². The molecule has 0 spiro atoms. The lowest BCUT2D eigenvalue weighted by atomic mass is 9.85. The Kier molecular flexibility index (Phi) is 11.8. The number of fused-ring (bicyclic) bond motifs is 1. The highest BCUT2D eigenvalue weighted by Gasteiger charge is 2.48. The summed E-state index contributed by atoms with van der Waals surface area (Å²) in [5.41, 5.74) is 0.754. The molecule has 0 radical (unpaired) electrons. The number of benzene rings is 2. The summed E-state index contributed by atoms with van der Waals surface area (Å²) in [4.78, 5) is 30.8. The van der Waals surface area contributed by atoms with Gasteiger partial charge < -0.3 is 38.2 Å². The SMILES string of the molecule is CCCCN(CCCC[N+](C)(C)C)C(=O)CN1C[C@H](c2cc(OC)c3c(c2)OCO3)C(C(=O)O)[C@@H]1COc1ccccc1OC. The molecule has 45 heavy (non-hydrogen) atoms. The van der Waals surface area contributed by atoms with Gasteiger partial charge in [0.25, 0.3) is 0 Å². The van der Waals surface area contributed by atoms with Crippen molar-refractivity contribution in [2.24, 2.45) is 5.92 Å². The quantitative estimate of drug-likeness (QED) is 0.205. The summed E-state index contributed by atoms with van der Waals surface area (Å²) in [5.74, 6) is 0.333. The molecule has 0 aromatic heterocycles. The molecule has 0 bridgehead atoms. The van der Waals surface area contributed by atoms with Crippen LogP contribution in [0.5, 0.6) is 28.7 Å². The Balaban J connectivity index is 1.61. The zero-order valence-electron chi connectivity index (χ0n) is 27.6. The van der Waals surface area contributed by atoms with Crippen LogP contribution in [0, 0.1) is 5.92 Å². The maximum Gasteiger partial charge on any atom is 0.308 e. The number of amides is 1. The molecule has 0 saturated carbocycles. The number of unbranched alkanes of at least 4 members (excludes halogenated alkanes) is 2. The van der Waals surface area contributed by atoms with E-state index in [2.05, 4.69) is 28.1 Å². The van der Waals surface area contributed by atoms with Gasteiger partial charge in [0.1, 0.15) is 6.61 Å². The number of carbonyl (C=O) groups excluding carboxylic acids is 1. The van der Waals surface area contributed by atoms with Gasteiger partial charge in [-0.15, -0.1) is 0 Å². The average Bonchev–Trinajstić information content (AvgIpc) is 3.63. The molecule has 4 rings (SSSR count). The molecule has 2 aromatic carbocycles. The first-order valence-corrected chi connectivity index (χ1v) is 15.8. The summed E-state index contributed by atoms with van der Waals surface area (Å²) in [5, 5.41) is 10.6. The van der Waals surface area contributed by atoms with Crippen LogP contribution in [0.2, 0.25) is 0 Å². The molecule has 1 amide bonds. The van der Waals surface area contributed by atoms with Gasteiger partial charge >= 0.3 is 5.97 Å². The van der Waals surface area contributed by atoms with Crippen LogP contribution >= 0.6 is 0 Å². The second-order valence-corrected chi connectivity index (χ2v) is 12.8. The van der Waals surface area contributed by atoms with Gasteiger partial charge in [-0.05, 0) is 49.1 Å². The fourth-order valence-electron chi connectivity index (χ4n) is 6.19. The van der Waals surface area contributed by atoms with Crippen molar-refractivity contribution in [1.82, 2.24) is 9.80 Å². The van der Waals surface area contributed by atoms with Gasteiger partial charge in [0.2, 0.25) is 18.4 Å². The molecule has 2 aliphatic rings. The molecule has 2 aromatic rings. The Hall–Kier alpha value is -3.70. The largest absolute Gasteiger partial charge is 0.493 e. The van der Waals surface area contributed by atoms with Crippen LogP contribution in [-0.4, -0.2) is 119 Å². The van der Waals surface area contributed by atoms with Gasteiger partial charge in [0.05, 0.1) is 60.4 Å². The maximum atomic E-state index is 13.9. The molecule has 3 atom stereocenters. The smallest absolute Gasteiger partial charge is 0.308 e. The van der Waals surface area contributed by atoms with Gasteiger partial charge in [-0.25, -0.2) is 0 Å². The molecule has 11 nitrogen and oxygen atoms in total. The predicted octanol–water partition coefficient (Wildman–Crippen LogP) is 4.10. The number of carbonyl (C=O) groups is 2. The lowest BCUT2D eigenvalue weighted by Gasteiger charge is -2.30. The van der Waals surface area contributed by atoms with Crippen LogP contribution in [0.3, 0.4) is 0 Å². The highest BCUT2D eigenvalue weighted by atomic mass is 16.7. The van der Waals surface area contributed by atoms with Crippen LogP contribution in [-0.2, 0) is 9.59 Å². The maximum absolute atomic E-state index is 13.9. The van der Waals surface area contributed by atoms with E-state index < -0.39 is 23.8 Å². The van der Waals surface area contributed by atoms with E-state index in [1.807, 2.05) is 34.1 Å². The number of ether oxygens (including phenoxy) is 5. The molecule has 1 saturated heterocycles. The third kappa shape index (κ3) is 8.73. The van der Waals surface area contributed by atoms with E-state index in [1.165, 1.54) is 0 Å². The third-order valence-corrected chi connectivity index (χ3v) is 8.60. The Morgan fingerprint density at radius 3 is 2.38 bits per heavy atom. The molecule has 11 heteroatoms. The van der Waals surface area contributed by atoms with Crippen molar-refractivity contribution in [2.45, 2.75) is 44.6 Å². The second-order valence-electron chi connectivity index (χ2n) is 12.8. The minimum absolute atomic E-state index is 0.00375. The van der Waals surface area contributed by atoms with E-state index >= 15 is 0 Å². The summed E-state index contributed by atoms with van der Waals surface area (Å²) in [6.45, 7) is 5.11. The minimum Gasteiger partial charge on any atom is -0.493 e. The summed E-state index contributed by atoms with van der Waals surface area (Å²) in [6, 6.07) is 10.3. The Morgan fingerprint density at radius 2 is 1.71 bits per heavy atom. The predicted molar refractivity (Wildman–Crippen MR) is 170 cm³/mol. The topological polar surface area (TPSA) is 107 Å². The fourth-order valence-corrected chi connectivity index (χ4v) is 6.19. The first-order valence-electron chi connectivity index (χ1n) is 15.8. The van der Waals surface area contributed by atoms with Crippen LogP contribution < -0.4 is 23.7 Å². The van der Waals surface area contributed by atoms with Crippen molar-refractivity contribution in [1.29, 1.82) is 0 Å². The van der Waals surface area contributed by atoms with Crippen molar-refractivity contribution >= 4 is 11.9 Å². The number of para-hydroxylation sites is 2. The third-order valence-electron chi connectivity index (χ3n) is 8.60. The number of nitrogens with zero attached hydrogens (tertiary/aromatic N) is 3. The van der Waals surface area contributed by atoms with E-state index in [-0.39, 0.29) is 25.9 Å². The molecule has 248 valence electrons. The lowest BCUT2D eigenvalue weighted by molar-refractivity contribution is -0.870. The number of likely N-dealkylation sites (tertiary alicyclic amines) is 1. The molecule has 2 heterocycles. The highest BCUT2D eigenvalue weighted by molar-refractivity contribution is 5.79. The van der Waals surface area contributed by atoms with Crippen molar-refractivity contribution in [3.05, 3.63) is 42.0 Å². The van der Waals surface area contributed by atoms with Crippen molar-refractivity contribution in [3.63, 3.8) is 0 Å². The summed E-state index contributed by atoms with van der Waals surface area (Å²) in [6.07, 6.45) is 3.84. The zero-order valence-corrected chi connectivity index (χ0v) is 27.6. The van der Waals surface area contributed by atoms with Gasteiger partial charge in [-0.3, -0.25) is 14.5 Å². The number of carboxylic acid groups (broad SMARTS) is 1. The van der Waals surface area contributed by atoms with Gasteiger partial charge in [0, 0.05) is 25.6 Å². The van der Waals surface area contributed by atoms with E-state index in [9.17, 15) is 14.7 Å². The Labute approximate surface area is 267 Å². The van der Waals surface area contributed by atoms with E-state index in [4.69, 9.17) is 23.7 Å². The monoisotopic (exact) mass is 628 g/mol. The van der Waals surface area contributed by atoms with Gasteiger partial charge in [0.15, 0.2) is 23.0 Å². The standard InChI is InChI=1S/C34H49N3O8/c1-7-8-15-35(16-11-12-17-37(2,3)4)31(38)21-36-20-25(24-18-29(42-6)33-30(19-24)44-23-45-33)32(34(39)40)26(36)22-43-28-14-10-9-13-27(28)41-5/h9-10,13-14,18-19,25-26,32H,7-8,11-12,15-17,20-23H2,1-6H3/p+1/t25-,26+,32?/m1/s1. The second kappa shape index (κ2) is 15.5. The molecule has 1 N–H and O–H groups in total. The van der Waals surface area contributed by atoms with E-state index in [0.29, 0.717) is 48.4 Å². The van der Waals surface area contributed by atoms with Crippen LogP contribution in [0.15, 0.2) is 36.4 Å². The molecule has 1 unspecified atom stereocenters. The number of hydrogen-bond donors (Lipinski definition) is 1. The van der Waals surface area contributed by atoms with Gasteiger partial charge in [-0.2, -0.15) is 0 Å². The van der Waals surface area contributed by atoms with Crippen LogP contribution in [0.1, 0.15) is 44.1 Å². The summed E-state index contributed by atoms with van der Waals surface area (Å²) < 4.78 is 29.4. The van der Waals surface area contributed by atoms with Crippen molar-refractivity contribution in [2.75, 3.05) is 81.5 Å². The summed E-state index contributed by atoms with van der Waals surface area (Å²) in [7, 11) is 9.63. The number of carboxylic acids is 1. The lowest BCUT2D eigenvalue weighted by Crippen LogP contribution is -2.47. The van der Waals surface area contributed by atoms with E-state index in [1.54, 1.807) is 26.4 Å². The van der Waals surface area contributed by atoms with Crippen LogP contribution in [0.25, 0.3) is 0 Å². The van der Waals surface area contributed by atoms with Crippen molar-refractivity contribution < 1.29 is 42.9 Å². The first kappa shape index (κ1) is 34.2. The highest BCUT2D eigenvalue weighted by Crippen LogP contribution is 2.47. The number of rotatable bonds is 17. The minimum atomic E-state index is -0.955. The first-order chi connectivity index (χ1) is 21.6. The number of hydrogen-bond acceptors (Lipinski definition) is 8. The average molecular weight is 629 g/mol. The normalized spacial score (nSPS) is 19.4. The number of quaternary nitrogens is 1. The number of aliphatic carboxylic acids is 1. The fraction of sp³-hybridized carbons (Fsp3) is 0.588.